The molecule has 1 aromatic carbocycles. The monoisotopic (exact) mass is 326 g/mol. The van der Waals surface area contributed by atoms with Gasteiger partial charge in [0.25, 0.3) is 5.91 Å². The number of halogens is 2. The maximum atomic E-state index is 13.3. The Bertz CT molecular complexity index is 502. The average molecular weight is 327 g/mol. The first-order chi connectivity index (χ1) is 9.18. The van der Waals surface area contributed by atoms with E-state index in [0.717, 1.165) is 25.9 Å². The van der Waals surface area contributed by atoms with E-state index in [-0.39, 0.29) is 10.4 Å². The molecule has 0 aliphatic carbocycles. The van der Waals surface area contributed by atoms with Crippen LogP contribution in [-0.2, 0) is 0 Å². The molecule has 102 valence electrons. The van der Waals surface area contributed by atoms with Crippen LogP contribution in [0, 0.1) is 5.82 Å². The molecule has 5 heteroatoms. The van der Waals surface area contributed by atoms with E-state index in [1.165, 1.54) is 17.7 Å². The van der Waals surface area contributed by atoms with Crippen molar-refractivity contribution in [2.24, 2.45) is 0 Å². The fraction of sp³-hybridized carbons (Fsp3) is 0.357. The third-order valence-corrected chi connectivity index (χ3v) is 3.89. The second-order valence-corrected chi connectivity index (χ2v) is 5.22. The van der Waals surface area contributed by atoms with Gasteiger partial charge in [-0.2, -0.15) is 0 Å². The van der Waals surface area contributed by atoms with Crippen LogP contribution >= 0.6 is 15.9 Å². The van der Waals surface area contributed by atoms with Crippen LogP contribution < -0.4 is 10.6 Å². The summed E-state index contributed by atoms with van der Waals surface area (Å²) in [6.07, 6.45) is 4.04. The van der Waals surface area contributed by atoms with Crippen molar-refractivity contribution in [1.82, 2.24) is 10.6 Å². The molecule has 0 bridgehead atoms. The Kier molecular flexibility index (Phi) is 5.10. The molecule has 0 atom stereocenters. The van der Waals surface area contributed by atoms with Gasteiger partial charge in [0.15, 0.2) is 0 Å². The van der Waals surface area contributed by atoms with Gasteiger partial charge in [0, 0.05) is 13.1 Å². The zero-order valence-corrected chi connectivity index (χ0v) is 12.1. The molecule has 1 amide bonds. The maximum Gasteiger partial charge on any atom is 0.252 e. The van der Waals surface area contributed by atoms with Crippen molar-refractivity contribution in [3.05, 3.63) is 45.7 Å². The number of carbonyl (C=O) groups is 1. The molecule has 1 aliphatic heterocycles. The first kappa shape index (κ1) is 14.2. The van der Waals surface area contributed by atoms with Gasteiger partial charge < -0.3 is 10.6 Å². The van der Waals surface area contributed by atoms with E-state index in [1.807, 2.05) is 0 Å². The van der Waals surface area contributed by atoms with Crippen molar-refractivity contribution >= 4 is 21.8 Å². The van der Waals surface area contributed by atoms with E-state index in [0.29, 0.717) is 12.1 Å². The molecule has 2 N–H and O–H groups in total. The second-order valence-electron chi connectivity index (χ2n) is 4.42. The number of hydrogen-bond acceptors (Lipinski definition) is 2. The highest BCUT2D eigenvalue weighted by atomic mass is 79.9. The summed E-state index contributed by atoms with van der Waals surface area (Å²) in [7, 11) is 0. The minimum absolute atomic E-state index is 0.216. The Morgan fingerprint density at radius 2 is 2.32 bits per heavy atom. The van der Waals surface area contributed by atoms with E-state index in [4.69, 9.17) is 0 Å². The van der Waals surface area contributed by atoms with Crippen LogP contribution in [0.1, 0.15) is 23.2 Å². The topological polar surface area (TPSA) is 41.1 Å². The van der Waals surface area contributed by atoms with Crippen LogP contribution in [0.15, 0.2) is 34.3 Å². The Balaban J connectivity index is 1.87. The Labute approximate surface area is 120 Å². The lowest BCUT2D eigenvalue weighted by Crippen LogP contribution is -2.27. The highest BCUT2D eigenvalue weighted by Gasteiger charge is 2.12. The van der Waals surface area contributed by atoms with Crippen LogP contribution in [0.4, 0.5) is 4.39 Å². The molecule has 2 rings (SSSR count). The molecule has 3 nitrogen and oxygen atoms in total. The van der Waals surface area contributed by atoms with E-state index >= 15 is 0 Å². The normalized spacial score (nSPS) is 14.9. The molecule has 0 unspecified atom stereocenters. The summed E-state index contributed by atoms with van der Waals surface area (Å²) >= 11 is 3.09. The molecule has 0 saturated heterocycles. The van der Waals surface area contributed by atoms with Crippen molar-refractivity contribution in [3.63, 3.8) is 0 Å². The maximum absolute atomic E-state index is 13.3. The van der Waals surface area contributed by atoms with Crippen LogP contribution in [-0.4, -0.2) is 25.5 Å². The number of nitrogens with one attached hydrogen (secondary N) is 2. The number of hydrogen-bond donors (Lipinski definition) is 2. The zero-order chi connectivity index (χ0) is 13.7. The highest BCUT2D eigenvalue weighted by Crippen LogP contribution is 2.20. The minimum atomic E-state index is -0.422. The van der Waals surface area contributed by atoms with Gasteiger partial charge in [0.05, 0.1) is 10.0 Å². The lowest BCUT2D eigenvalue weighted by molar-refractivity contribution is 0.0952. The smallest absolute Gasteiger partial charge is 0.252 e. The molecule has 0 radical (unpaired) electrons. The van der Waals surface area contributed by atoms with Crippen LogP contribution in [0.2, 0.25) is 0 Å². The molecule has 19 heavy (non-hydrogen) atoms. The van der Waals surface area contributed by atoms with Gasteiger partial charge in [-0.05, 0) is 47.4 Å². The fourth-order valence-corrected chi connectivity index (χ4v) is 2.45. The molecular weight excluding hydrogens is 311 g/mol. The lowest BCUT2D eigenvalue weighted by atomic mass is 10.1. The van der Waals surface area contributed by atoms with Crippen molar-refractivity contribution < 1.29 is 9.18 Å². The predicted molar refractivity (Wildman–Crippen MR) is 76.6 cm³/mol. The SMILES string of the molecule is O=C(NCCC1=CCNCC1)c1cccc(F)c1Br. The van der Waals surface area contributed by atoms with E-state index in [1.54, 1.807) is 6.07 Å². The van der Waals surface area contributed by atoms with Crippen molar-refractivity contribution in [2.75, 3.05) is 19.6 Å². The highest BCUT2D eigenvalue weighted by molar-refractivity contribution is 9.10. The second kappa shape index (κ2) is 6.82. The van der Waals surface area contributed by atoms with Crippen molar-refractivity contribution in [2.45, 2.75) is 12.8 Å². The molecule has 1 heterocycles. The number of benzene rings is 1. The van der Waals surface area contributed by atoms with Gasteiger partial charge in [-0.15, -0.1) is 0 Å². The summed E-state index contributed by atoms with van der Waals surface area (Å²) in [5.41, 5.74) is 1.69. The number of rotatable bonds is 4. The fourth-order valence-electron chi connectivity index (χ4n) is 2.01. The number of amides is 1. The standard InChI is InChI=1S/C14H16BrFN2O/c15-13-11(2-1-3-12(13)16)14(19)18-9-6-10-4-7-17-8-5-10/h1-4,17H,5-9H2,(H,18,19). The zero-order valence-electron chi connectivity index (χ0n) is 10.5. The summed E-state index contributed by atoms with van der Waals surface area (Å²) in [5.74, 6) is -0.672. The van der Waals surface area contributed by atoms with Crippen LogP contribution in [0.25, 0.3) is 0 Å². The Morgan fingerprint density at radius 3 is 3.05 bits per heavy atom. The van der Waals surface area contributed by atoms with E-state index in [9.17, 15) is 9.18 Å². The first-order valence-electron chi connectivity index (χ1n) is 6.29. The van der Waals surface area contributed by atoms with Gasteiger partial charge >= 0.3 is 0 Å². The van der Waals surface area contributed by atoms with E-state index < -0.39 is 5.82 Å². The quantitative estimate of drug-likeness (QED) is 0.835. The number of carbonyl (C=O) groups excluding carboxylic acids is 1. The minimum Gasteiger partial charge on any atom is -0.352 e. The third kappa shape index (κ3) is 3.88. The van der Waals surface area contributed by atoms with Gasteiger partial charge in [-0.3, -0.25) is 4.79 Å². The molecule has 0 spiro atoms. The van der Waals surface area contributed by atoms with Gasteiger partial charge in [0.1, 0.15) is 5.82 Å². The Morgan fingerprint density at radius 1 is 1.47 bits per heavy atom. The third-order valence-electron chi connectivity index (χ3n) is 3.09. The summed E-state index contributed by atoms with van der Waals surface area (Å²) in [6, 6.07) is 4.46. The predicted octanol–water partition coefficient (Wildman–Crippen LogP) is 2.63. The van der Waals surface area contributed by atoms with Crippen molar-refractivity contribution in [1.29, 1.82) is 0 Å². The summed E-state index contributed by atoms with van der Waals surface area (Å²) < 4.78 is 13.5. The van der Waals surface area contributed by atoms with Gasteiger partial charge in [-0.25, -0.2) is 4.39 Å². The summed E-state index contributed by atoms with van der Waals surface area (Å²) in [4.78, 5) is 11.9. The van der Waals surface area contributed by atoms with Gasteiger partial charge in [0.2, 0.25) is 0 Å². The van der Waals surface area contributed by atoms with Crippen LogP contribution in [0.5, 0.6) is 0 Å². The summed E-state index contributed by atoms with van der Waals surface area (Å²) in [5, 5.41) is 6.06. The lowest BCUT2D eigenvalue weighted by Gasteiger charge is -2.14. The van der Waals surface area contributed by atoms with Gasteiger partial charge in [-0.1, -0.05) is 17.7 Å². The van der Waals surface area contributed by atoms with E-state index in [2.05, 4.69) is 32.6 Å². The van der Waals surface area contributed by atoms with Crippen molar-refractivity contribution in [3.8, 4) is 0 Å². The molecule has 0 aromatic heterocycles. The molecule has 0 fully saturated rings. The molecule has 0 saturated carbocycles. The largest absolute Gasteiger partial charge is 0.352 e. The first-order valence-corrected chi connectivity index (χ1v) is 7.08. The average Bonchev–Trinajstić information content (AvgIpc) is 2.43. The summed E-state index contributed by atoms with van der Waals surface area (Å²) in [6.45, 7) is 2.47. The molecule has 1 aromatic rings. The molecular formula is C14H16BrFN2O. The molecule has 1 aliphatic rings. The van der Waals surface area contributed by atoms with Crippen LogP contribution in [0.3, 0.4) is 0 Å². The Hall–Kier alpha value is -1.20.